The van der Waals surface area contributed by atoms with Crippen LogP contribution in [0.1, 0.15) is 70.0 Å². The molecule has 0 unspecified atom stereocenters. The van der Waals surface area contributed by atoms with Gasteiger partial charge in [0.05, 0.1) is 33.8 Å². The van der Waals surface area contributed by atoms with Crippen molar-refractivity contribution in [2.45, 2.75) is 53.2 Å². The molecule has 7 aromatic carbocycles. The minimum absolute atomic E-state index is 0. The third kappa shape index (κ3) is 7.89. The minimum atomic E-state index is -2.18. The van der Waals surface area contributed by atoms with E-state index in [-0.39, 0.29) is 43.1 Å². The number of aromatic nitrogens is 3. The molecule has 0 fully saturated rings. The topological polar surface area (TPSA) is 57.0 Å². The number of rotatable bonds is 7. The first-order valence-corrected chi connectivity index (χ1v) is 21.2. The average molecular weight is 1020 g/mol. The molecule has 64 heavy (non-hydrogen) atoms. The molecule has 317 valence electrons. The van der Waals surface area contributed by atoms with Crippen LogP contribution < -0.4 is 0 Å². The zero-order valence-electron chi connectivity index (χ0n) is 41.7. The van der Waals surface area contributed by atoms with E-state index in [2.05, 4.69) is 140 Å². The van der Waals surface area contributed by atoms with Crippen LogP contribution in [0.15, 0.2) is 173 Å². The number of hydrogen-bond donors (Lipinski definition) is 0. The summed E-state index contributed by atoms with van der Waals surface area (Å²) in [6, 6.07) is 58.5. The molecule has 0 saturated heterocycles. The molecule has 0 bridgehead atoms. The Morgan fingerprint density at radius 3 is 1.98 bits per heavy atom. The van der Waals surface area contributed by atoms with Crippen molar-refractivity contribution in [2.24, 2.45) is 0 Å². The molecule has 0 N–H and O–H groups in total. The monoisotopic (exact) mass is 1020 g/mol. The van der Waals surface area contributed by atoms with Gasteiger partial charge < -0.3 is 18.4 Å². The fourth-order valence-electron chi connectivity index (χ4n) is 8.38. The van der Waals surface area contributed by atoms with E-state index >= 15 is 0 Å². The molecule has 4 heterocycles. The molecule has 4 aromatic heterocycles. The SMILES string of the molecule is CC(C)c1cc(-c2ccccc2)cc(C(C)C)c1-n1c(-c2[c-]c3cc(-c4ccccc4)oc3c3c2oc2ccccc23)nc2ccccc21.[2H]C([2H])([2H])c1c[c-]c(-c2ccc(C([2H])([2H])[2H])cn2)cc1.[Ir]. The summed E-state index contributed by atoms with van der Waals surface area (Å²) in [6.45, 7) is 4.78. The van der Waals surface area contributed by atoms with E-state index in [0.717, 1.165) is 66.7 Å². The second-order valence-electron chi connectivity index (χ2n) is 16.4. The third-order valence-electron chi connectivity index (χ3n) is 11.5. The van der Waals surface area contributed by atoms with Gasteiger partial charge in [0.15, 0.2) is 0 Å². The Morgan fingerprint density at radius 1 is 0.641 bits per heavy atom. The van der Waals surface area contributed by atoms with Crippen LogP contribution in [0, 0.1) is 25.8 Å². The number of pyridine rings is 1. The summed E-state index contributed by atoms with van der Waals surface area (Å²) < 4.78 is 59.4. The number of nitrogens with zero attached hydrogens (tertiary/aromatic N) is 3. The van der Waals surface area contributed by atoms with Gasteiger partial charge in [-0.3, -0.25) is 4.98 Å². The van der Waals surface area contributed by atoms with Crippen LogP contribution in [-0.4, -0.2) is 14.5 Å². The minimum Gasteiger partial charge on any atom is -0.499 e. The Balaban J connectivity index is 0.000000244. The fourth-order valence-corrected chi connectivity index (χ4v) is 8.38. The summed E-state index contributed by atoms with van der Waals surface area (Å²) >= 11 is 0. The van der Waals surface area contributed by atoms with Crippen molar-refractivity contribution >= 4 is 43.9 Å². The van der Waals surface area contributed by atoms with Gasteiger partial charge in [0.1, 0.15) is 5.58 Å². The van der Waals surface area contributed by atoms with E-state index in [9.17, 15) is 0 Å². The van der Waals surface area contributed by atoms with Gasteiger partial charge in [0.2, 0.25) is 0 Å². The van der Waals surface area contributed by atoms with Gasteiger partial charge in [0.25, 0.3) is 0 Å². The molecule has 0 aliphatic heterocycles. The van der Waals surface area contributed by atoms with Gasteiger partial charge in [-0.15, -0.1) is 41.5 Å². The van der Waals surface area contributed by atoms with Crippen LogP contribution in [0.2, 0.25) is 0 Å². The number of imidazole rings is 1. The first-order chi connectivity index (χ1) is 33.1. The largest absolute Gasteiger partial charge is 0.499 e. The molecule has 5 nitrogen and oxygen atoms in total. The maximum absolute atomic E-state index is 7.28. The van der Waals surface area contributed by atoms with E-state index in [0.29, 0.717) is 11.3 Å². The first kappa shape index (κ1) is 35.6. The van der Waals surface area contributed by atoms with E-state index < -0.39 is 13.7 Å². The van der Waals surface area contributed by atoms with Crippen LogP contribution in [0.25, 0.3) is 94.7 Å². The summed E-state index contributed by atoms with van der Waals surface area (Å²) in [5.41, 5.74) is 13.8. The Bertz CT molecular complexity index is 3550. The number of fused-ring (bicyclic) bond motifs is 6. The van der Waals surface area contributed by atoms with E-state index in [1.54, 1.807) is 12.1 Å². The summed E-state index contributed by atoms with van der Waals surface area (Å²) in [6.07, 6.45) is 1.30. The Labute approximate surface area is 396 Å². The molecule has 6 heteroatoms. The fraction of sp³-hybridized carbons (Fsp3) is 0.138. The van der Waals surface area contributed by atoms with Gasteiger partial charge in [0, 0.05) is 56.6 Å². The maximum Gasteiger partial charge on any atom is 0.123 e. The summed E-state index contributed by atoms with van der Waals surface area (Å²) in [5, 5.41) is 2.83. The van der Waals surface area contributed by atoms with Crippen molar-refractivity contribution in [1.29, 1.82) is 0 Å². The second-order valence-corrected chi connectivity index (χ2v) is 16.4. The number of aryl methyl sites for hydroxylation is 2. The average Bonchev–Trinajstić information content (AvgIpc) is 4.07. The molecule has 11 rings (SSSR count). The van der Waals surface area contributed by atoms with Gasteiger partial charge in [-0.25, -0.2) is 0 Å². The number of furan rings is 2. The standard InChI is InChI=1S/C45H35N2O2.C13H12N.Ir/c1-27(2)34-23-31(29-15-7-5-8-16-29)24-35(28(3)4)42(34)47-38-21-13-12-20-37(38)46-45(47)36-25-32-26-40(30-17-9-6-10-18-30)49-43(32)41-33-19-11-14-22-39(33)48-44(36)41;1-10-3-6-12(7-4-10)13-8-5-11(2)9-14-13;/h5-24,26-28H,1-4H3;3-6,8-9H,1-2H3;/q2*-1;/i;1D3,2D3;. The van der Waals surface area contributed by atoms with Crippen LogP contribution in [-0.2, 0) is 20.1 Å². The summed E-state index contributed by atoms with van der Waals surface area (Å²) in [4.78, 5) is 9.45. The van der Waals surface area contributed by atoms with Crippen molar-refractivity contribution in [3.05, 3.63) is 198 Å². The third-order valence-corrected chi connectivity index (χ3v) is 11.5. The smallest absolute Gasteiger partial charge is 0.123 e. The van der Waals surface area contributed by atoms with Crippen molar-refractivity contribution < 1.29 is 37.2 Å². The van der Waals surface area contributed by atoms with Crippen LogP contribution in [0.5, 0.6) is 0 Å². The molecular formula is C58H47IrN3O2-2. The maximum atomic E-state index is 7.28. The second kappa shape index (κ2) is 17.7. The Hall–Kier alpha value is -6.85. The van der Waals surface area contributed by atoms with Gasteiger partial charge in [-0.1, -0.05) is 149 Å². The van der Waals surface area contributed by atoms with Crippen LogP contribution in [0.3, 0.4) is 0 Å². The zero-order valence-corrected chi connectivity index (χ0v) is 38.1. The molecule has 0 aliphatic carbocycles. The molecule has 1 radical (unpaired) electrons. The van der Waals surface area contributed by atoms with Gasteiger partial charge in [-0.05, 0) is 88.1 Å². The first-order valence-electron chi connectivity index (χ1n) is 24.2. The zero-order chi connectivity index (χ0) is 48.2. The van der Waals surface area contributed by atoms with E-state index in [1.807, 2.05) is 36.4 Å². The molecule has 0 amide bonds. The quantitative estimate of drug-likeness (QED) is 0.149. The summed E-state index contributed by atoms with van der Waals surface area (Å²) in [5.74, 6) is 2.10. The molecule has 11 aromatic rings. The Morgan fingerprint density at radius 2 is 1.31 bits per heavy atom. The van der Waals surface area contributed by atoms with E-state index in [1.165, 1.54) is 52.3 Å². The molecule has 0 atom stereocenters. The molecule has 0 saturated carbocycles. The predicted octanol–water partition coefficient (Wildman–Crippen LogP) is 15.9. The van der Waals surface area contributed by atoms with Crippen LogP contribution >= 0.6 is 0 Å². The summed E-state index contributed by atoms with van der Waals surface area (Å²) in [7, 11) is 0. The van der Waals surface area contributed by atoms with Crippen molar-refractivity contribution in [2.75, 3.05) is 0 Å². The number of benzene rings is 7. The number of para-hydroxylation sites is 3. The van der Waals surface area contributed by atoms with Gasteiger partial charge in [-0.2, -0.15) is 0 Å². The normalized spacial score (nSPS) is 13.2. The van der Waals surface area contributed by atoms with Crippen molar-refractivity contribution in [1.82, 2.24) is 14.5 Å². The van der Waals surface area contributed by atoms with E-state index in [4.69, 9.17) is 22.0 Å². The molecule has 0 spiro atoms. The van der Waals surface area contributed by atoms with Gasteiger partial charge >= 0.3 is 0 Å². The van der Waals surface area contributed by atoms with Crippen molar-refractivity contribution in [3.63, 3.8) is 0 Å². The Kier molecular flexibility index (Phi) is 9.86. The van der Waals surface area contributed by atoms with Crippen LogP contribution in [0.4, 0.5) is 0 Å². The molecule has 0 aliphatic rings. The number of hydrogen-bond acceptors (Lipinski definition) is 4. The molecular weight excluding hydrogens is 963 g/mol. The van der Waals surface area contributed by atoms with Crippen molar-refractivity contribution in [3.8, 4) is 50.8 Å². The predicted molar refractivity (Wildman–Crippen MR) is 259 cm³/mol.